The van der Waals surface area contributed by atoms with E-state index in [1.807, 2.05) is 13.8 Å². The van der Waals surface area contributed by atoms with Crippen LogP contribution in [-0.4, -0.2) is 48.3 Å². The second kappa shape index (κ2) is 7.64. The van der Waals surface area contributed by atoms with Crippen LogP contribution < -0.4 is 0 Å². The van der Waals surface area contributed by atoms with Gasteiger partial charge in [0.25, 0.3) is 5.91 Å². The monoisotopic (exact) mass is 360 g/mol. The van der Waals surface area contributed by atoms with Crippen molar-refractivity contribution < 1.29 is 9.59 Å². The molecular formula is C14H18BrClN2O2. The third-order valence-electron chi connectivity index (χ3n) is 2.94. The van der Waals surface area contributed by atoms with Crippen molar-refractivity contribution in [3.63, 3.8) is 0 Å². The minimum Gasteiger partial charge on any atom is -0.342 e. The Kier molecular flexibility index (Phi) is 6.49. The average molecular weight is 362 g/mol. The van der Waals surface area contributed by atoms with Crippen LogP contribution in [0.25, 0.3) is 0 Å². The Morgan fingerprint density at radius 2 is 1.80 bits per heavy atom. The number of rotatable bonds is 5. The summed E-state index contributed by atoms with van der Waals surface area (Å²) in [6.07, 6.45) is 0. The molecule has 2 amide bonds. The molecule has 0 unspecified atom stereocenters. The summed E-state index contributed by atoms with van der Waals surface area (Å²) in [7, 11) is 1.61. The molecule has 0 heterocycles. The Hall–Kier alpha value is -1.07. The van der Waals surface area contributed by atoms with Crippen LogP contribution in [0, 0.1) is 0 Å². The van der Waals surface area contributed by atoms with Gasteiger partial charge in [-0.3, -0.25) is 9.59 Å². The molecule has 0 fully saturated rings. The number of carbonyl (C=O) groups excluding carboxylic acids is 2. The lowest BCUT2D eigenvalue weighted by Crippen LogP contribution is -2.41. The molecule has 0 aromatic heterocycles. The normalized spacial score (nSPS) is 10.2. The Balaban J connectivity index is 2.79. The molecule has 20 heavy (non-hydrogen) atoms. The molecule has 1 rings (SSSR count). The van der Waals surface area contributed by atoms with Gasteiger partial charge in [-0.1, -0.05) is 27.5 Å². The number of likely N-dealkylation sites (N-methyl/N-ethyl adjacent to an activating group) is 2. The zero-order valence-corrected chi connectivity index (χ0v) is 14.2. The number of hydrogen-bond acceptors (Lipinski definition) is 2. The van der Waals surface area contributed by atoms with Gasteiger partial charge in [0.1, 0.15) is 0 Å². The van der Waals surface area contributed by atoms with E-state index in [9.17, 15) is 9.59 Å². The molecule has 0 radical (unpaired) electrons. The number of amides is 2. The molecule has 4 nitrogen and oxygen atoms in total. The zero-order valence-electron chi connectivity index (χ0n) is 11.8. The summed E-state index contributed by atoms with van der Waals surface area (Å²) in [6.45, 7) is 5.17. The first-order valence-corrected chi connectivity index (χ1v) is 7.55. The van der Waals surface area contributed by atoms with E-state index in [1.54, 1.807) is 30.1 Å². The van der Waals surface area contributed by atoms with Crippen LogP contribution in [0.15, 0.2) is 22.7 Å². The molecule has 0 aliphatic heterocycles. The van der Waals surface area contributed by atoms with Crippen LogP contribution in [0.4, 0.5) is 0 Å². The molecule has 0 spiro atoms. The molecule has 1 aromatic carbocycles. The van der Waals surface area contributed by atoms with Crippen LogP contribution in [0.3, 0.4) is 0 Å². The fraction of sp³-hybridized carbons (Fsp3) is 0.429. The highest BCUT2D eigenvalue weighted by Crippen LogP contribution is 2.20. The predicted molar refractivity (Wildman–Crippen MR) is 84.0 cm³/mol. The Labute approximate surface area is 132 Å². The Morgan fingerprint density at radius 3 is 2.30 bits per heavy atom. The van der Waals surface area contributed by atoms with Gasteiger partial charge in [0.15, 0.2) is 0 Å². The standard InChI is InChI=1S/C14H18BrClN2O2/c1-4-18(5-2)13(19)9-17(3)14(20)10-6-11(15)8-12(16)7-10/h6-8H,4-5,9H2,1-3H3. The van der Waals surface area contributed by atoms with Crippen molar-refractivity contribution in [2.75, 3.05) is 26.7 Å². The topological polar surface area (TPSA) is 40.6 Å². The smallest absolute Gasteiger partial charge is 0.254 e. The largest absolute Gasteiger partial charge is 0.342 e. The molecule has 0 bridgehead atoms. The highest BCUT2D eigenvalue weighted by Gasteiger charge is 2.18. The van der Waals surface area contributed by atoms with Gasteiger partial charge in [0.2, 0.25) is 5.91 Å². The summed E-state index contributed by atoms with van der Waals surface area (Å²) >= 11 is 9.22. The van der Waals surface area contributed by atoms with Crippen molar-refractivity contribution in [3.05, 3.63) is 33.3 Å². The van der Waals surface area contributed by atoms with Crippen molar-refractivity contribution in [2.45, 2.75) is 13.8 Å². The van der Waals surface area contributed by atoms with Gasteiger partial charge >= 0.3 is 0 Å². The van der Waals surface area contributed by atoms with Crippen molar-refractivity contribution in [1.29, 1.82) is 0 Å². The van der Waals surface area contributed by atoms with Gasteiger partial charge in [-0.25, -0.2) is 0 Å². The number of halogens is 2. The van der Waals surface area contributed by atoms with E-state index >= 15 is 0 Å². The van der Waals surface area contributed by atoms with Gasteiger partial charge in [-0.2, -0.15) is 0 Å². The Morgan fingerprint density at radius 1 is 1.20 bits per heavy atom. The van der Waals surface area contributed by atoms with E-state index in [-0.39, 0.29) is 18.4 Å². The summed E-state index contributed by atoms with van der Waals surface area (Å²) in [6, 6.07) is 4.99. The third-order valence-corrected chi connectivity index (χ3v) is 3.62. The van der Waals surface area contributed by atoms with E-state index in [0.29, 0.717) is 23.7 Å². The summed E-state index contributed by atoms with van der Waals surface area (Å²) in [4.78, 5) is 27.3. The van der Waals surface area contributed by atoms with E-state index in [1.165, 1.54) is 4.90 Å². The summed E-state index contributed by atoms with van der Waals surface area (Å²) in [5.74, 6) is -0.291. The number of nitrogens with zero attached hydrogens (tertiary/aromatic N) is 2. The van der Waals surface area contributed by atoms with Crippen LogP contribution in [-0.2, 0) is 4.79 Å². The Bertz CT molecular complexity index is 484. The fourth-order valence-corrected chi connectivity index (χ4v) is 2.71. The highest BCUT2D eigenvalue weighted by molar-refractivity contribution is 9.10. The van der Waals surface area contributed by atoms with Gasteiger partial charge in [0.05, 0.1) is 6.54 Å². The molecule has 0 saturated heterocycles. The highest BCUT2D eigenvalue weighted by atomic mass is 79.9. The first kappa shape index (κ1) is 17.0. The third kappa shape index (κ3) is 4.49. The van der Waals surface area contributed by atoms with Crippen LogP contribution in [0.5, 0.6) is 0 Å². The molecule has 0 N–H and O–H groups in total. The molecule has 110 valence electrons. The lowest BCUT2D eigenvalue weighted by atomic mass is 10.2. The molecule has 0 atom stereocenters. The number of carbonyl (C=O) groups is 2. The molecule has 6 heteroatoms. The lowest BCUT2D eigenvalue weighted by Gasteiger charge is -2.23. The molecule has 0 aliphatic rings. The summed E-state index contributed by atoms with van der Waals surface area (Å²) < 4.78 is 0.733. The summed E-state index contributed by atoms with van der Waals surface area (Å²) in [5, 5.41) is 0.478. The van der Waals surface area contributed by atoms with E-state index in [2.05, 4.69) is 15.9 Å². The second-order valence-corrected chi connectivity index (χ2v) is 5.74. The van der Waals surface area contributed by atoms with E-state index in [4.69, 9.17) is 11.6 Å². The van der Waals surface area contributed by atoms with Crippen LogP contribution in [0.1, 0.15) is 24.2 Å². The lowest BCUT2D eigenvalue weighted by molar-refractivity contribution is -0.131. The SMILES string of the molecule is CCN(CC)C(=O)CN(C)C(=O)c1cc(Cl)cc(Br)c1. The van der Waals surface area contributed by atoms with Crippen molar-refractivity contribution >= 4 is 39.3 Å². The van der Waals surface area contributed by atoms with Crippen LogP contribution in [0.2, 0.25) is 5.02 Å². The fourth-order valence-electron chi connectivity index (χ4n) is 1.85. The van der Waals surface area contributed by atoms with E-state index < -0.39 is 0 Å². The molecular weight excluding hydrogens is 344 g/mol. The zero-order chi connectivity index (χ0) is 15.3. The van der Waals surface area contributed by atoms with Crippen molar-refractivity contribution in [3.8, 4) is 0 Å². The summed E-state index contributed by atoms with van der Waals surface area (Å²) in [5.41, 5.74) is 0.458. The van der Waals surface area contributed by atoms with Crippen molar-refractivity contribution in [1.82, 2.24) is 9.80 Å². The minimum absolute atomic E-state index is 0.0602. The minimum atomic E-state index is -0.228. The maximum Gasteiger partial charge on any atom is 0.254 e. The quantitative estimate of drug-likeness (QED) is 0.809. The van der Waals surface area contributed by atoms with E-state index in [0.717, 1.165) is 4.47 Å². The van der Waals surface area contributed by atoms with Gasteiger partial charge < -0.3 is 9.80 Å². The number of hydrogen-bond donors (Lipinski definition) is 0. The molecule has 0 saturated carbocycles. The van der Waals surface area contributed by atoms with Crippen LogP contribution >= 0.6 is 27.5 Å². The maximum absolute atomic E-state index is 12.3. The van der Waals surface area contributed by atoms with Gasteiger partial charge in [-0.15, -0.1) is 0 Å². The number of benzene rings is 1. The first-order chi connectivity index (χ1) is 9.38. The van der Waals surface area contributed by atoms with Gasteiger partial charge in [0, 0.05) is 35.2 Å². The first-order valence-electron chi connectivity index (χ1n) is 6.38. The average Bonchev–Trinajstić information content (AvgIpc) is 2.37. The molecule has 1 aromatic rings. The van der Waals surface area contributed by atoms with Gasteiger partial charge in [-0.05, 0) is 32.0 Å². The second-order valence-electron chi connectivity index (χ2n) is 4.39. The van der Waals surface area contributed by atoms with Crippen molar-refractivity contribution in [2.24, 2.45) is 0 Å². The maximum atomic E-state index is 12.3. The predicted octanol–water partition coefficient (Wildman–Crippen LogP) is 3.04. The molecule has 0 aliphatic carbocycles.